The normalized spacial score (nSPS) is 20.0. The minimum atomic E-state index is 0.163. The second-order valence-corrected chi connectivity index (χ2v) is 5.14. The summed E-state index contributed by atoms with van der Waals surface area (Å²) in [6.07, 6.45) is 4.98. The van der Waals surface area contributed by atoms with Gasteiger partial charge in [-0.15, -0.1) is 0 Å². The smallest absolute Gasteiger partial charge is 0.0681 e. The predicted molar refractivity (Wildman–Crippen MR) is 66.3 cm³/mol. The molecule has 0 bridgehead atoms. The topological polar surface area (TPSA) is 20.2 Å². The van der Waals surface area contributed by atoms with Gasteiger partial charge in [-0.2, -0.15) is 0 Å². The lowest BCUT2D eigenvalue weighted by molar-refractivity contribution is 0.281. The van der Waals surface area contributed by atoms with Crippen LogP contribution >= 0.6 is 15.9 Å². The van der Waals surface area contributed by atoms with E-state index < -0.39 is 0 Å². The molecule has 1 aromatic carbocycles. The number of hydrogen-bond acceptors (Lipinski definition) is 1. The number of hydrogen-bond donors (Lipinski definition) is 1. The quantitative estimate of drug-likeness (QED) is 0.836. The van der Waals surface area contributed by atoms with Gasteiger partial charge in [0.15, 0.2) is 0 Å². The average Bonchev–Trinajstić information content (AvgIpc) is 2.28. The molecule has 1 aliphatic rings. The zero-order chi connectivity index (χ0) is 10.7. The Labute approximate surface area is 99.6 Å². The zero-order valence-corrected chi connectivity index (χ0v) is 10.5. The highest BCUT2D eigenvalue weighted by Gasteiger charge is 2.17. The largest absolute Gasteiger partial charge is 0.392 e. The molecule has 0 amide bonds. The van der Waals surface area contributed by atoms with Gasteiger partial charge in [-0.25, -0.2) is 0 Å². The molecular formula is C13H17BrO. The number of alkyl halides is 1. The van der Waals surface area contributed by atoms with Crippen LogP contribution in [0.15, 0.2) is 18.2 Å². The van der Waals surface area contributed by atoms with E-state index in [2.05, 4.69) is 28.1 Å². The molecule has 0 aliphatic heterocycles. The summed E-state index contributed by atoms with van der Waals surface area (Å²) >= 11 is 3.51. The van der Waals surface area contributed by atoms with Crippen LogP contribution in [0.5, 0.6) is 0 Å². The van der Waals surface area contributed by atoms with Gasteiger partial charge in [0.2, 0.25) is 0 Å². The van der Waals surface area contributed by atoms with Crippen LogP contribution in [0.25, 0.3) is 0 Å². The van der Waals surface area contributed by atoms with Gasteiger partial charge in [0.05, 0.1) is 6.61 Å². The highest BCUT2D eigenvalue weighted by Crippen LogP contribution is 2.28. The highest BCUT2D eigenvalue weighted by atomic mass is 79.9. The molecule has 0 saturated carbocycles. The predicted octanol–water partition coefficient (Wildman–Crippen LogP) is 3.07. The van der Waals surface area contributed by atoms with Gasteiger partial charge in [-0.1, -0.05) is 34.1 Å². The lowest BCUT2D eigenvalue weighted by Crippen LogP contribution is -2.14. The molecule has 2 heteroatoms. The third kappa shape index (κ3) is 2.61. The molecule has 0 radical (unpaired) electrons. The third-order valence-corrected chi connectivity index (χ3v) is 3.76. The van der Waals surface area contributed by atoms with E-state index in [-0.39, 0.29) is 6.61 Å². The first kappa shape index (κ1) is 11.2. The molecule has 1 aliphatic carbocycles. The van der Waals surface area contributed by atoms with Crippen molar-refractivity contribution in [1.29, 1.82) is 0 Å². The van der Waals surface area contributed by atoms with Gasteiger partial charge >= 0.3 is 0 Å². The number of benzene rings is 1. The van der Waals surface area contributed by atoms with Crippen molar-refractivity contribution in [2.45, 2.75) is 32.3 Å². The van der Waals surface area contributed by atoms with Crippen molar-refractivity contribution in [2.75, 3.05) is 5.33 Å². The monoisotopic (exact) mass is 268 g/mol. The number of aryl methyl sites for hydroxylation is 1. The van der Waals surface area contributed by atoms with Crippen LogP contribution in [-0.4, -0.2) is 10.4 Å². The molecule has 0 heterocycles. The van der Waals surface area contributed by atoms with Crippen molar-refractivity contribution in [3.63, 3.8) is 0 Å². The Morgan fingerprint density at radius 3 is 2.93 bits per heavy atom. The Hall–Kier alpha value is -0.340. The summed E-state index contributed by atoms with van der Waals surface area (Å²) < 4.78 is 0. The van der Waals surface area contributed by atoms with E-state index >= 15 is 0 Å². The Kier molecular flexibility index (Phi) is 3.81. The van der Waals surface area contributed by atoms with E-state index in [1.165, 1.54) is 36.8 Å². The molecule has 1 nitrogen and oxygen atoms in total. The molecule has 0 aromatic heterocycles. The Morgan fingerprint density at radius 2 is 2.20 bits per heavy atom. The maximum Gasteiger partial charge on any atom is 0.0681 e. The minimum absolute atomic E-state index is 0.163. The average molecular weight is 269 g/mol. The van der Waals surface area contributed by atoms with Gasteiger partial charge in [-0.3, -0.25) is 0 Å². The van der Waals surface area contributed by atoms with Crippen molar-refractivity contribution >= 4 is 15.9 Å². The summed E-state index contributed by atoms with van der Waals surface area (Å²) in [5.41, 5.74) is 3.99. The molecule has 82 valence electrons. The number of aliphatic hydroxyl groups is 1. The molecule has 0 spiro atoms. The molecule has 1 N–H and O–H groups in total. The van der Waals surface area contributed by atoms with Crippen LogP contribution in [0.2, 0.25) is 0 Å². The second-order valence-electron chi connectivity index (χ2n) is 4.35. The van der Waals surface area contributed by atoms with Crippen LogP contribution in [0.3, 0.4) is 0 Å². The fourth-order valence-electron chi connectivity index (χ4n) is 2.38. The van der Waals surface area contributed by atoms with Gasteiger partial charge in [0.25, 0.3) is 0 Å². The fourth-order valence-corrected chi connectivity index (χ4v) is 3.03. The molecule has 15 heavy (non-hydrogen) atoms. The van der Waals surface area contributed by atoms with Crippen LogP contribution in [0, 0.1) is 5.92 Å². The lowest BCUT2D eigenvalue weighted by atomic mass is 9.82. The van der Waals surface area contributed by atoms with E-state index in [1.54, 1.807) is 0 Å². The van der Waals surface area contributed by atoms with Crippen LogP contribution in [0.4, 0.5) is 0 Å². The molecule has 1 atom stereocenters. The van der Waals surface area contributed by atoms with Crippen molar-refractivity contribution < 1.29 is 5.11 Å². The first-order chi connectivity index (χ1) is 7.33. The molecular weight excluding hydrogens is 252 g/mol. The van der Waals surface area contributed by atoms with Gasteiger partial charge in [0.1, 0.15) is 0 Å². The summed E-state index contributed by atoms with van der Waals surface area (Å²) in [5.74, 6) is 0.825. The second kappa shape index (κ2) is 5.13. The van der Waals surface area contributed by atoms with Crippen LogP contribution < -0.4 is 0 Å². The number of rotatable bonds is 3. The van der Waals surface area contributed by atoms with E-state index in [0.717, 1.165) is 16.8 Å². The molecule has 0 saturated heterocycles. The van der Waals surface area contributed by atoms with Gasteiger partial charge in [0, 0.05) is 5.33 Å². The van der Waals surface area contributed by atoms with Crippen molar-refractivity contribution in [2.24, 2.45) is 5.92 Å². The fraction of sp³-hybridized carbons (Fsp3) is 0.538. The standard InChI is InChI=1S/C13H17BrO/c14-6-5-10-1-3-12-4-2-11(9-15)8-13(12)7-10/h2,4,8,10,15H,1,3,5-7,9H2. The summed E-state index contributed by atoms with van der Waals surface area (Å²) in [5, 5.41) is 10.2. The SMILES string of the molecule is OCc1ccc2c(c1)CC(CCBr)CC2. The summed E-state index contributed by atoms with van der Waals surface area (Å²) in [6, 6.07) is 6.41. The lowest BCUT2D eigenvalue weighted by Gasteiger charge is -2.24. The van der Waals surface area contributed by atoms with E-state index in [0.29, 0.717) is 0 Å². The van der Waals surface area contributed by atoms with E-state index in [9.17, 15) is 0 Å². The van der Waals surface area contributed by atoms with Crippen molar-refractivity contribution in [3.05, 3.63) is 34.9 Å². The Morgan fingerprint density at radius 1 is 1.33 bits per heavy atom. The number of aliphatic hydroxyl groups excluding tert-OH is 1. The molecule has 1 unspecified atom stereocenters. The highest BCUT2D eigenvalue weighted by molar-refractivity contribution is 9.09. The number of fused-ring (bicyclic) bond motifs is 1. The van der Waals surface area contributed by atoms with E-state index in [1.807, 2.05) is 6.07 Å². The summed E-state index contributed by atoms with van der Waals surface area (Å²) in [4.78, 5) is 0. The Bertz CT molecular complexity index is 335. The first-order valence-electron chi connectivity index (χ1n) is 5.61. The van der Waals surface area contributed by atoms with Crippen molar-refractivity contribution in [3.8, 4) is 0 Å². The molecule has 2 rings (SSSR count). The number of halogens is 1. The maximum atomic E-state index is 9.10. The van der Waals surface area contributed by atoms with Crippen LogP contribution in [-0.2, 0) is 19.4 Å². The van der Waals surface area contributed by atoms with Gasteiger partial charge in [-0.05, 0) is 48.3 Å². The molecule has 1 aromatic rings. The first-order valence-corrected chi connectivity index (χ1v) is 6.73. The summed E-state index contributed by atoms with van der Waals surface area (Å²) in [6.45, 7) is 0.163. The Balaban J connectivity index is 2.16. The van der Waals surface area contributed by atoms with Crippen molar-refractivity contribution in [1.82, 2.24) is 0 Å². The minimum Gasteiger partial charge on any atom is -0.392 e. The zero-order valence-electron chi connectivity index (χ0n) is 8.88. The molecule has 0 fully saturated rings. The van der Waals surface area contributed by atoms with Gasteiger partial charge < -0.3 is 5.11 Å². The maximum absolute atomic E-state index is 9.10. The third-order valence-electron chi connectivity index (χ3n) is 3.30. The van der Waals surface area contributed by atoms with E-state index in [4.69, 9.17) is 5.11 Å². The summed E-state index contributed by atoms with van der Waals surface area (Å²) in [7, 11) is 0. The van der Waals surface area contributed by atoms with Crippen LogP contribution in [0.1, 0.15) is 29.5 Å².